The minimum absolute atomic E-state index is 0.998. The van der Waals surface area contributed by atoms with Crippen molar-refractivity contribution in [1.29, 1.82) is 0 Å². The molecule has 0 aromatic heterocycles. The predicted molar refractivity (Wildman–Crippen MR) is 61.4 cm³/mol. The van der Waals surface area contributed by atoms with Gasteiger partial charge in [0, 0.05) is 0 Å². The Bertz CT molecular complexity index is 141. The van der Waals surface area contributed by atoms with Gasteiger partial charge in [0.1, 0.15) is 0 Å². The van der Waals surface area contributed by atoms with Gasteiger partial charge in [-0.15, -0.1) is 0 Å². The smallest absolute Gasteiger partial charge is 0.00205 e. The summed E-state index contributed by atoms with van der Waals surface area (Å²) in [5.41, 5.74) is 0. The molecule has 82 valence electrons. The molecule has 2 fully saturated rings. The summed E-state index contributed by atoms with van der Waals surface area (Å²) in [6, 6.07) is 0. The molecule has 1 heterocycles. The number of rotatable bonds is 3. The molecule has 0 amide bonds. The van der Waals surface area contributed by atoms with Crippen LogP contribution >= 0.6 is 0 Å². The monoisotopic (exact) mass is 195 g/mol. The lowest BCUT2D eigenvalue weighted by Crippen LogP contribution is -2.20. The lowest BCUT2D eigenvalue weighted by Gasteiger charge is -2.16. The molecule has 1 saturated heterocycles. The van der Waals surface area contributed by atoms with Crippen molar-refractivity contribution in [2.45, 2.75) is 57.8 Å². The molecule has 1 nitrogen and oxygen atoms in total. The van der Waals surface area contributed by atoms with Gasteiger partial charge in [-0.1, -0.05) is 38.5 Å². The first kappa shape index (κ1) is 10.5. The van der Waals surface area contributed by atoms with E-state index in [4.69, 9.17) is 0 Å². The van der Waals surface area contributed by atoms with Crippen molar-refractivity contribution in [3.05, 3.63) is 0 Å². The Kier molecular flexibility index (Phi) is 4.30. The SMILES string of the molecule is C1CCC(CCC2CCCC2)CNC1. The fourth-order valence-corrected chi connectivity index (χ4v) is 3.11. The summed E-state index contributed by atoms with van der Waals surface area (Å²) in [5.74, 6) is 2.09. The van der Waals surface area contributed by atoms with Gasteiger partial charge in [0.05, 0.1) is 0 Å². The van der Waals surface area contributed by atoms with Crippen molar-refractivity contribution < 1.29 is 0 Å². The van der Waals surface area contributed by atoms with E-state index in [-0.39, 0.29) is 0 Å². The molecular formula is C13H25N. The van der Waals surface area contributed by atoms with Crippen LogP contribution in [-0.2, 0) is 0 Å². The topological polar surface area (TPSA) is 12.0 Å². The highest BCUT2D eigenvalue weighted by Gasteiger charge is 2.18. The molecular weight excluding hydrogens is 170 g/mol. The molecule has 1 N–H and O–H groups in total. The van der Waals surface area contributed by atoms with Crippen LogP contribution in [0.2, 0.25) is 0 Å². The van der Waals surface area contributed by atoms with Crippen LogP contribution in [0.5, 0.6) is 0 Å². The molecule has 14 heavy (non-hydrogen) atoms. The first-order valence-corrected chi connectivity index (χ1v) is 6.66. The second kappa shape index (κ2) is 5.75. The Hall–Kier alpha value is -0.0400. The van der Waals surface area contributed by atoms with Gasteiger partial charge in [-0.25, -0.2) is 0 Å². The minimum Gasteiger partial charge on any atom is -0.316 e. The van der Waals surface area contributed by atoms with Crippen molar-refractivity contribution in [3.8, 4) is 0 Å². The van der Waals surface area contributed by atoms with Gasteiger partial charge in [0.25, 0.3) is 0 Å². The Labute approximate surface area is 88.7 Å². The Morgan fingerprint density at radius 3 is 2.29 bits per heavy atom. The molecule has 1 saturated carbocycles. The molecule has 1 aliphatic carbocycles. The molecule has 1 atom stereocenters. The molecule has 0 aromatic rings. The first-order valence-electron chi connectivity index (χ1n) is 6.66. The third kappa shape index (κ3) is 3.27. The molecule has 2 aliphatic rings. The van der Waals surface area contributed by atoms with E-state index < -0.39 is 0 Å². The zero-order valence-corrected chi connectivity index (χ0v) is 9.43. The lowest BCUT2D eigenvalue weighted by atomic mass is 9.92. The summed E-state index contributed by atoms with van der Waals surface area (Å²) in [6.45, 7) is 2.56. The van der Waals surface area contributed by atoms with Gasteiger partial charge < -0.3 is 5.32 Å². The molecule has 0 spiro atoms. The number of hydrogen-bond donors (Lipinski definition) is 1. The lowest BCUT2D eigenvalue weighted by molar-refractivity contribution is 0.377. The quantitative estimate of drug-likeness (QED) is 0.728. The summed E-state index contributed by atoms with van der Waals surface area (Å²) in [5, 5.41) is 3.57. The molecule has 1 heteroatoms. The third-order valence-corrected chi connectivity index (χ3v) is 4.11. The Morgan fingerprint density at radius 1 is 0.786 bits per heavy atom. The fourth-order valence-electron chi connectivity index (χ4n) is 3.11. The van der Waals surface area contributed by atoms with Crippen LogP contribution in [0.15, 0.2) is 0 Å². The largest absolute Gasteiger partial charge is 0.316 e. The van der Waals surface area contributed by atoms with Crippen LogP contribution < -0.4 is 5.32 Å². The Balaban J connectivity index is 1.62. The highest BCUT2D eigenvalue weighted by Crippen LogP contribution is 2.30. The summed E-state index contributed by atoms with van der Waals surface area (Å²) < 4.78 is 0. The number of hydrogen-bond acceptors (Lipinski definition) is 1. The van der Waals surface area contributed by atoms with Crippen LogP contribution in [0.1, 0.15) is 57.8 Å². The molecule has 1 unspecified atom stereocenters. The van der Waals surface area contributed by atoms with Gasteiger partial charge in [0.15, 0.2) is 0 Å². The van der Waals surface area contributed by atoms with Crippen LogP contribution in [0.25, 0.3) is 0 Å². The van der Waals surface area contributed by atoms with E-state index in [1.807, 2.05) is 0 Å². The minimum atomic E-state index is 0.998. The average molecular weight is 195 g/mol. The van der Waals surface area contributed by atoms with Crippen molar-refractivity contribution in [2.24, 2.45) is 11.8 Å². The van der Waals surface area contributed by atoms with Crippen LogP contribution in [0.3, 0.4) is 0 Å². The highest BCUT2D eigenvalue weighted by molar-refractivity contribution is 4.72. The maximum Gasteiger partial charge on any atom is -0.00205 e. The summed E-state index contributed by atoms with van der Waals surface area (Å²) >= 11 is 0. The first-order chi connectivity index (χ1) is 6.95. The molecule has 0 bridgehead atoms. The second-order valence-corrected chi connectivity index (χ2v) is 5.29. The maximum atomic E-state index is 3.57. The molecule has 0 radical (unpaired) electrons. The third-order valence-electron chi connectivity index (χ3n) is 4.11. The van der Waals surface area contributed by atoms with Gasteiger partial charge >= 0.3 is 0 Å². The zero-order valence-electron chi connectivity index (χ0n) is 9.43. The Morgan fingerprint density at radius 2 is 1.43 bits per heavy atom. The summed E-state index contributed by atoms with van der Waals surface area (Å²) in [6.07, 6.45) is 13.4. The second-order valence-electron chi connectivity index (χ2n) is 5.29. The summed E-state index contributed by atoms with van der Waals surface area (Å²) in [4.78, 5) is 0. The van der Waals surface area contributed by atoms with Crippen LogP contribution in [-0.4, -0.2) is 13.1 Å². The van der Waals surface area contributed by atoms with Crippen molar-refractivity contribution >= 4 is 0 Å². The molecule has 0 aromatic carbocycles. The summed E-state index contributed by atoms with van der Waals surface area (Å²) in [7, 11) is 0. The van der Waals surface area contributed by atoms with Gasteiger partial charge in [0.2, 0.25) is 0 Å². The van der Waals surface area contributed by atoms with Crippen molar-refractivity contribution in [3.63, 3.8) is 0 Å². The molecule has 1 aliphatic heterocycles. The van der Waals surface area contributed by atoms with E-state index in [0.29, 0.717) is 0 Å². The number of nitrogens with one attached hydrogen (secondary N) is 1. The van der Waals surface area contributed by atoms with Crippen molar-refractivity contribution in [1.82, 2.24) is 5.32 Å². The normalized spacial score (nSPS) is 30.4. The van der Waals surface area contributed by atoms with Gasteiger partial charge in [-0.05, 0) is 44.2 Å². The average Bonchev–Trinajstić information content (AvgIpc) is 2.58. The van der Waals surface area contributed by atoms with Gasteiger partial charge in [-0.2, -0.15) is 0 Å². The fraction of sp³-hybridized carbons (Fsp3) is 1.00. The highest BCUT2D eigenvalue weighted by atomic mass is 14.9. The molecule has 2 rings (SSSR count). The van der Waals surface area contributed by atoms with Crippen molar-refractivity contribution in [2.75, 3.05) is 13.1 Å². The van der Waals surface area contributed by atoms with Gasteiger partial charge in [-0.3, -0.25) is 0 Å². The van der Waals surface area contributed by atoms with Crippen LogP contribution in [0, 0.1) is 11.8 Å². The van der Waals surface area contributed by atoms with E-state index >= 15 is 0 Å². The van der Waals surface area contributed by atoms with E-state index in [2.05, 4.69) is 5.32 Å². The van der Waals surface area contributed by atoms with E-state index in [9.17, 15) is 0 Å². The van der Waals surface area contributed by atoms with E-state index in [1.54, 1.807) is 0 Å². The van der Waals surface area contributed by atoms with E-state index in [0.717, 1.165) is 11.8 Å². The zero-order chi connectivity index (χ0) is 9.64. The van der Waals surface area contributed by atoms with Crippen LogP contribution in [0.4, 0.5) is 0 Å². The van der Waals surface area contributed by atoms with E-state index in [1.165, 1.54) is 70.9 Å². The maximum absolute atomic E-state index is 3.57. The predicted octanol–water partition coefficient (Wildman–Crippen LogP) is 3.35. The standard InChI is InChI=1S/C13H25N/c1-2-6-12(5-1)8-9-13-7-3-4-10-14-11-13/h12-14H,1-11H2.